The lowest BCUT2D eigenvalue weighted by atomic mass is 9.99. The summed E-state index contributed by atoms with van der Waals surface area (Å²) in [6.45, 7) is 5.92. The highest BCUT2D eigenvalue weighted by molar-refractivity contribution is 5.88. The number of rotatable bonds is 4. The molecule has 0 saturated heterocycles. The maximum absolute atomic E-state index is 13.8. The van der Waals surface area contributed by atoms with Gasteiger partial charge in [-0.05, 0) is 50.1 Å². The van der Waals surface area contributed by atoms with Gasteiger partial charge in [0.15, 0.2) is 0 Å². The van der Waals surface area contributed by atoms with Gasteiger partial charge < -0.3 is 10.4 Å². The number of carboxylic acid groups (broad SMARTS) is 1. The van der Waals surface area contributed by atoms with E-state index in [1.807, 2.05) is 39.0 Å². The third-order valence-electron chi connectivity index (χ3n) is 3.49. The van der Waals surface area contributed by atoms with Crippen LogP contribution in [0.2, 0.25) is 0 Å². The Morgan fingerprint density at radius 3 is 2.57 bits per heavy atom. The van der Waals surface area contributed by atoms with E-state index in [4.69, 9.17) is 5.11 Å². The molecule has 1 atom stereocenters. The van der Waals surface area contributed by atoms with Gasteiger partial charge in [-0.1, -0.05) is 23.8 Å². The molecule has 0 saturated carbocycles. The van der Waals surface area contributed by atoms with Crippen molar-refractivity contribution in [3.8, 4) is 0 Å². The summed E-state index contributed by atoms with van der Waals surface area (Å²) < 4.78 is 13.8. The van der Waals surface area contributed by atoms with Crippen molar-refractivity contribution >= 4 is 11.7 Å². The molecule has 0 aliphatic heterocycles. The van der Waals surface area contributed by atoms with E-state index < -0.39 is 11.8 Å². The first-order valence-electron chi connectivity index (χ1n) is 6.75. The lowest BCUT2D eigenvalue weighted by Crippen LogP contribution is -2.10. The summed E-state index contributed by atoms with van der Waals surface area (Å²) in [6, 6.07) is 9.71. The molecular weight excluding hydrogens is 269 g/mol. The Balaban J connectivity index is 2.31. The highest BCUT2D eigenvalue weighted by Crippen LogP contribution is 2.25. The Kier molecular flexibility index (Phi) is 4.26. The first-order valence-corrected chi connectivity index (χ1v) is 6.75. The summed E-state index contributed by atoms with van der Waals surface area (Å²) >= 11 is 0. The molecule has 1 unspecified atom stereocenters. The maximum atomic E-state index is 13.8. The molecule has 0 amide bonds. The number of anilines is 1. The molecule has 0 radical (unpaired) electrons. The second-order valence-corrected chi connectivity index (χ2v) is 5.23. The van der Waals surface area contributed by atoms with Crippen LogP contribution in [0.15, 0.2) is 36.4 Å². The van der Waals surface area contributed by atoms with Crippen LogP contribution in [-0.4, -0.2) is 11.1 Å². The second kappa shape index (κ2) is 5.95. The summed E-state index contributed by atoms with van der Waals surface area (Å²) in [4.78, 5) is 11.0. The van der Waals surface area contributed by atoms with Gasteiger partial charge in [0.2, 0.25) is 0 Å². The summed E-state index contributed by atoms with van der Waals surface area (Å²) in [5, 5.41) is 12.0. The first kappa shape index (κ1) is 15.0. The standard InChI is InChI=1S/C17H18FNO2/c1-10-4-5-11(2)14(8-10)12(3)19-16-9-13(17(20)21)6-7-15(16)18/h4-9,12,19H,1-3H3,(H,20,21). The third kappa shape index (κ3) is 3.40. The largest absolute Gasteiger partial charge is 0.478 e. The predicted molar refractivity (Wildman–Crippen MR) is 81.3 cm³/mol. The van der Waals surface area contributed by atoms with E-state index in [2.05, 4.69) is 5.32 Å². The van der Waals surface area contributed by atoms with Crippen LogP contribution in [0.4, 0.5) is 10.1 Å². The Morgan fingerprint density at radius 2 is 1.90 bits per heavy atom. The van der Waals surface area contributed by atoms with Crippen LogP contribution in [0.1, 0.15) is 40.0 Å². The molecule has 3 nitrogen and oxygen atoms in total. The quantitative estimate of drug-likeness (QED) is 0.880. The van der Waals surface area contributed by atoms with E-state index in [1.165, 1.54) is 18.2 Å². The maximum Gasteiger partial charge on any atom is 0.335 e. The number of carboxylic acids is 1. The number of benzene rings is 2. The average molecular weight is 287 g/mol. The predicted octanol–water partition coefficient (Wildman–Crippen LogP) is 4.31. The summed E-state index contributed by atoms with van der Waals surface area (Å²) in [5.74, 6) is -1.53. The number of hydrogen-bond donors (Lipinski definition) is 2. The molecule has 0 aliphatic rings. The van der Waals surface area contributed by atoms with Gasteiger partial charge >= 0.3 is 5.97 Å². The zero-order valence-corrected chi connectivity index (χ0v) is 12.3. The minimum absolute atomic E-state index is 0.0621. The average Bonchev–Trinajstić information content (AvgIpc) is 2.43. The molecule has 2 N–H and O–H groups in total. The molecule has 110 valence electrons. The molecule has 0 spiro atoms. The van der Waals surface area contributed by atoms with Gasteiger partial charge in [-0.15, -0.1) is 0 Å². The van der Waals surface area contributed by atoms with Crippen LogP contribution in [-0.2, 0) is 0 Å². The Hall–Kier alpha value is -2.36. The van der Waals surface area contributed by atoms with Gasteiger partial charge in [-0.25, -0.2) is 9.18 Å². The molecular formula is C17H18FNO2. The zero-order chi connectivity index (χ0) is 15.6. The Bertz CT molecular complexity index is 682. The van der Waals surface area contributed by atoms with Crippen LogP contribution < -0.4 is 5.32 Å². The van der Waals surface area contributed by atoms with Gasteiger partial charge in [0, 0.05) is 6.04 Å². The molecule has 4 heteroatoms. The molecule has 0 aromatic heterocycles. The van der Waals surface area contributed by atoms with E-state index in [0.29, 0.717) is 0 Å². The van der Waals surface area contributed by atoms with Gasteiger partial charge in [-0.3, -0.25) is 0 Å². The van der Waals surface area contributed by atoms with E-state index in [0.717, 1.165) is 16.7 Å². The van der Waals surface area contributed by atoms with Crippen molar-refractivity contribution < 1.29 is 14.3 Å². The molecule has 2 rings (SSSR count). The van der Waals surface area contributed by atoms with Crippen molar-refractivity contribution in [1.82, 2.24) is 0 Å². The molecule has 0 aliphatic carbocycles. The first-order chi connectivity index (χ1) is 9.88. The Labute approximate surface area is 123 Å². The third-order valence-corrected chi connectivity index (χ3v) is 3.49. The van der Waals surface area contributed by atoms with E-state index in [9.17, 15) is 9.18 Å². The summed E-state index contributed by atoms with van der Waals surface area (Å²) in [5.41, 5.74) is 3.56. The fourth-order valence-electron chi connectivity index (χ4n) is 2.31. The molecule has 0 bridgehead atoms. The van der Waals surface area contributed by atoms with Crippen molar-refractivity contribution in [2.45, 2.75) is 26.8 Å². The minimum atomic E-state index is -1.07. The van der Waals surface area contributed by atoms with Crippen LogP contribution in [0, 0.1) is 19.7 Å². The van der Waals surface area contributed by atoms with Gasteiger partial charge in [-0.2, -0.15) is 0 Å². The van der Waals surface area contributed by atoms with Crippen LogP contribution >= 0.6 is 0 Å². The number of nitrogens with one attached hydrogen (secondary N) is 1. The number of aromatic carboxylic acids is 1. The zero-order valence-electron chi connectivity index (χ0n) is 12.3. The van der Waals surface area contributed by atoms with Gasteiger partial charge in [0.05, 0.1) is 11.3 Å². The highest BCUT2D eigenvalue weighted by Gasteiger charge is 2.13. The number of aryl methyl sites for hydroxylation is 2. The summed E-state index contributed by atoms with van der Waals surface area (Å²) in [6.07, 6.45) is 0. The van der Waals surface area contributed by atoms with Crippen molar-refractivity contribution in [3.05, 3.63) is 64.5 Å². The lowest BCUT2D eigenvalue weighted by Gasteiger charge is -2.19. The fourth-order valence-corrected chi connectivity index (χ4v) is 2.31. The SMILES string of the molecule is Cc1ccc(C)c(C(C)Nc2cc(C(=O)O)ccc2F)c1. The normalized spacial score (nSPS) is 12.0. The van der Waals surface area contributed by atoms with Crippen molar-refractivity contribution in [3.63, 3.8) is 0 Å². The Morgan fingerprint density at radius 1 is 1.19 bits per heavy atom. The second-order valence-electron chi connectivity index (χ2n) is 5.23. The molecule has 21 heavy (non-hydrogen) atoms. The topological polar surface area (TPSA) is 49.3 Å². The van der Waals surface area contributed by atoms with Crippen molar-refractivity contribution in [2.24, 2.45) is 0 Å². The number of halogens is 1. The van der Waals surface area contributed by atoms with Crippen LogP contribution in [0.5, 0.6) is 0 Å². The van der Waals surface area contributed by atoms with E-state index >= 15 is 0 Å². The van der Waals surface area contributed by atoms with E-state index in [1.54, 1.807) is 0 Å². The van der Waals surface area contributed by atoms with Crippen LogP contribution in [0.25, 0.3) is 0 Å². The molecule has 2 aromatic rings. The van der Waals surface area contributed by atoms with E-state index in [-0.39, 0.29) is 17.3 Å². The number of carbonyl (C=O) groups is 1. The fraction of sp³-hybridized carbons (Fsp3) is 0.235. The van der Waals surface area contributed by atoms with Crippen molar-refractivity contribution in [1.29, 1.82) is 0 Å². The smallest absolute Gasteiger partial charge is 0.335 e. The minimum Gasteiger partial charge on any atom is -0.478 e. The molecule has 2 aromatic carbocycles. The number of hydrogen-bond acceptors (Lipinski definition) is 2. The molecule has 0 heterocycles. The van der Waals surface area contributed by atoms with Crippen molar-refractivity contribution in [2.75, 3.05) is 5.32 Å². The summed E-state index contributed by atoms with van der Waals surface area (Å²) in [7, 11) is 0. The van der Waals surface area contributed by atoms with Gasteiger partial charge in [0.25, 0.3) is 0 Å². The van der Waals surface area contributed by atoms with Gasteiger partial charge in [0.1, 0.15) is 5.82 Å². The molecule has 0 fully saturated rings. The monoisotopic (exact) mass is 287 g/mol. The lowest BCUT2D eigenvalue weighted by molar-refractivity contribution is 0.0697. The van der Waals surface area contributed by atoms with Crippen LogP contribution in [0.3, 0.4) is 0 Å². The highest BCUT2D eigenvalue weighted by atomic mass is 19.1.